The van der Waals surface area contributed by atoms with Gasteiger partial charge in [0.1, 0.15) is 0 Å². The average molecular weight is 273 g/mol. The smallest absolute Gasteiger partial charge is 0.319 e. The molecule has 0 spiro atoms. The minimum atomic E-state index is -0.367. The summed E-state index contributed by atoms with van der Waals surface area (Å²) in [7, 11) is 0. The number of carbonyl (C=O) groups excluding carboxylic acids is 3. The molecule has 20 heavy (non-hydrogen) atoms. The Hall–Kier alpha value is -2.63. The van der Waals surface area contributed by atoms with Gasteiger partial charge in [0.05, 0.1) is 5.69 Å². The zero-order valence-corrected chi connectivity index (χ0v) is 11.2. The Labute approximate surface area is 116 Å². The van der Waals surface area contributed by atoms with Crippen LogP contribution in [0.2, 0.25) is 0 Å². The van der Waals surface area contributed by atoms with Gasteiger partial charge in [-0.1, -0.05) is 0 Å². The molecule has 0 radical (unpaired) electrons. The SMILES string of the molecule is CC(C)NC(=O)Nc1ccc(N2C(=O)C=CC2=O)cc1. The molecule has 1 aromatic carbocycles. The number of carbonyl (C=O) groups is 3. The molecule has 0 aromatic heterocycles. The molecule has 0 saturated heterocycles. The number of nitrogens with one attached hydrogen (secondary N) is 2. The van der Waals surface area contributed by atoms with E-state index in [1.807, 2.05) is 13.8 Å². The van der Waals surface area contributed by atoms with Crippen molar-refractivity contribution in [1.82, 2.24) is 5.32 Å². The standard InChI is InChI=1S/C14H15N3O3/c1-9(2)15-14(20)16-10-3-5-11(6-4-10)17-12(18)7-8-13(17)19/h3-9H,1-2H3,(H2,15,16,20). The summed E-state index contributed by atoms with van der Waals surface area (Å²) in [5.41, 5.74) is 1.05. The van der Waals surface area contributed by atoms with Gasteiger partial charge in [-0.15, -0.1) is 0 Å². The molecular weight excluding hydrogens is 258 g/mol. The first kappa shape index (κ1) is 13.8. The Morgan fingerprint density at radius 1 is 1.05 bits per heavy atom. The molecule has 2 rings (SSSR count). The quantitative estimate of drug-likeness (QED) is 0.822. The highest BCUT2D eigenvalue weighted by Crippen LogP contribution is 2.21. The number of imide groups is 1. The molecule has 1 aliphatic rings. The van der Waals surface area contributed by atoms with Crippen LogP contribution >= 0.6 is 0 Å². The van der Waals surface area contributed by atoms with E-state index in [9.17, 15) is 14.4 Å². The summed E-state index contributed by atoms with van der Waals surface area (Å²) in [5.74, 6) is -0.735. The molecule has 0 aliphatic carbocycles. The molecule has 1 heterocycles. The number of nitrogens with zero attached hydrogens (tertiary/aromatic N) is 1. The maximum absolute atomic E-state index is 11.5. The van der Waals surface area contributed by atoms with Gasteiger partial charge in [-0.05, 0) is 38.1 Å². The summed E-state index contributed by atoms with van der Waals surface area (Å²) in [4.78, 5) is 35.6. The Bertz CT molecular complexity index is 558. The second-order valence-corrected chi connectivity index (χ2v) is 4.65. The Kier molecular flexibility index (Phi) is 3.84. The molecule has 6 nitrogen and oxygen atoms in total. The van der Waals surface area contributed by atoms with Crippen LogP contribution in [0.1, 0.15) is 13.8 Å². The van der Waals surface area contributed by atoms with Crippen LogP contribution in [-0.2, 0) is 9.59 Å². The van der Waals surface area contributed by atoms with Gasteiger partial charge in [0.15, 0.2) is 0 Å². The summed E-state index contributed by atoms with van der Waals surface area (Å²) in [6, 6.07) is 6.21. The van der Waals surface area contributed by atoms with Crippen molar-refractivity contribution in [3.8, 4) is 0 Å². The van der Waals surface area contributed by atoms with Crippen LogP contribution in [0.4, 0.5) is 16.2 Å². The lowest BCUT2D eigenvalue weighted by atomic mass is 10.2. The number of urea groups is 1. The van der Waals surface area contributed by atoms with Crippen molar-refractivity contribution in [2.45, 2.75) is 19.9 Å². The fraction of sp³-hybridized carbons (Fsp3) is 0.214. The van der Waals surface area contributed by atoms with Crippen LogP contribution in [-0.4, -0.2) is 23.9 Å². The Balaban J connectivity index is 2.05. The first-order chi connectivity index (χ1) is 9.47. The summed E-state index contributed by atoms with van der Waals surface area (Å²) < 4.78 is 0. The molecule has 1 aromatic rings. The topological polar surface area (TPSA) is 78.5 Å². The van der Waals surface area contributed by atoms with Gasteiger partial charge in [-0.25, -0.2) is 9.69 Å². The van der Waals surface area contributed by atoms with E-state index < -0.39 is 0 Å². The fourth-order valence-corrected chi connectivity index (χ4v) is 1.78. The first-order valence-electron chi connectivity index (χ1n) is 6.21. The monoisotopic (exact) mass is 273 g/mol. The number of hydrogen-bond acceptors (Lipinski definition) is 3. The van der Waals surface area contributed by atoms with Gasteiger partial charge in [0, 0.05) is 23.9 Å². The van der Waals surface area contributed by atoms with E-state index in [1.165, 1.54) is 12.2 Å². The van der Waals surface area contributed by atoms with Crippen LogP contribution in [0, 0.1) is 0 Å². The lowest BCUT2D eigenvalue weighted by Gasteiger charge is -2.15. The molecule has 1 aliphatic heterocycles. The Morgan fingerprint density at radius 3 is 2.10 bits per heavy atom. The Morgan fingerprint density at radius 2 is 1.60 bits per heavy atom. The van der Waals surface area contributed by atoms with Crippen LogP contribution in [0.3, 0.4) is 0 Å². The van der Waals surface area contributed by atoms with Crippen molar-refractivity contribution in [2.75, 3.05) is 10.2 Å². The van der Waals surface area contributed by atoms with E-state index in [4.69, 9.17) is 0 Å². The summed E-state index contributed by atoms with van der Waals surface area (Å²) in [5, 5.41) is 5.36. The molecule has 104 valence electrons. The van der Waals surface area contributed by atoms with E-state index in [2.05, 4.69) is 10.6 Å². The van der Waals surface area contributed by atoms with Crippen molar-refractivity contribution in [3.63, 3.8) is 0 Å². The van der Waals surface area contributed by atoms with Crippen molar-refractivity contribution in [2.24, 2.45) is 0 Å². The zero-order chi connectivity index (χ0) is 14.7. The van der Waals surface area contributed by atoms with Crippen molar-refractivity contribution in [3.05, 3.63) is 36.4 Å². The second kappa shape index (κ2) is 5.56. The fourth-order valence-electron chi connectivity index (χ4n) is 1.78. The van der Waals surface area contributed by atoms with Gasteiger partial charge >= 0.3 is 6.03 Å². The highest BCUT2D eigenvalue weighted by molar-refractivity contribution is 6.28. The van der Waals surface area contributed by atoms with Crippen LogP contribution < -0.4 is 15.5 Å². The number of anilines is 2. The zero-order valence-electron chi connectivity index (χ0n) is 11.2. The van der Waals surface area contributed by atoms with Gasteiger partial charge in [0.25, 0.3) is 11.8 Å². The summed E-state index contributed by atoms with van der Waals surface area (Å²) in [6.07, 6.45) is 2.45. The number of hydrogen-bond donors (Lipinski definition) is 2. The largest absolute Gasteiger partial charge is 0.336 e. The van der Waals surface area contributed by atoms with E-state index in [0.29, 0.717) is 11.4 Å². The molecule has 0 bridgehead atoms. The minimum absolute atomic E-state index is 0.0418. The lowest BCUT2D eigenvalue weighted by Crippen LogP contribution is -2.34. The average Bonchev–Trinajstić information content (AvgIpc) is 2.69. The first-order valence-corrected chi connectivity index (χ1v) is 6.21. The van der Waals surface area contributed by atoms with Crippen molar-refractivity contribution >= 4 is 29.2 Å². The molecular formula is C14H15N3O3. The van der Waals surface area contributed by atoms with E-state index >= 15 is 0 Å². The lowest BCUT2D eigenvalue weighted by molar-refractivity contribution is -0.119. The number of amides is 4. The third-order valence-electron chi connectivity index (χ3n) is 2.61. The maximum Gasteiger partial charge on any atom is 0.319 e. The number of benzene rings is 1. The third-order valence-corrected chi connectivity index (χ3v) is 2.61. The normalized spacial score (nSPS) is 14.1. The summed E-state index contributed by atoms with van der Waals surface area (Å²) in [6.45, 7) is 3.72. The van der Waals surface area contributed by atoms with Crippen molar-refractivity contribution in [1.29, 1.82) is 0 Å². The molecule has 2 N–H and O–H groups in total. The molecule has 6 heteroatoms. The van der Waals surface area contributed by atoms with E-state index in [1.54, 1.807) is 24.3 Å². The van der Waals surface area contributed by atoms with Gasteiger partial charge in [-0.2, -0.15) is 0 Å². The van der Waals surface area contributed by atoms with Crippen molar-refractivity contribution < 1.29 is 14.4 Å². The number of rotatable bonds is 3. The highest BCUT2D eigenvalue weighted by Gasteiger charge is 2.24. The molecule has 0 saturated carbocycles. The minimum Gasteiger partial charge on any atom is -0.336 e. The van der Waals surface area contributed by atoms with Crippen LogP contribution in [0.25, 0.3) is 0 Å². The van der Waals surface area contributed by atoms with Crippen LogP contribution in [0.15, 0.2) is 36.4 Å². The summed E-state index contributed by atoms with van der Waals surface area (Å²) >= 11 is 0. The molecule has 4 amide bonds. The molecule has 0 atom stereocenters. The van der Waals surface area contributed by atoms with Gasteiger partial charge < -0.3 is 10.6 Å². The van der Waals surface area contributed by atoms with Crippen LogP contribution in [0.5, 0.6) is 0 Å². The third kappa shape index (κ3) is 3.03. The molecule has 0 unspecified atom stereocenters. The van der Waals surface area contributed by atoms with E-state index in [-0.39, 0.29) is 23.9 Å². The highest BCUT2D eigenvalue weighted by atomic mass is 16.2. The predicted octanol–water partition coefficient (Wildman–Crippen LogP) is 1.65. The van der Waals surface area contributed by atoms with Gasteiger partial charge in [0.2, 0.25) is 0 Å². The van der Waals surface area contributed by atoms with E-state index in [0.717, 1.165) is 4.90 Å². The van der Waals surface area contributed by atoms with Gasteiger partial charge in [-0.3, -0.25) is 9.59 Å². The maximum atomic E-state index is 11.5. The second-order valence-electron chi connectivity index (χ2n) is 4.65. The molecule has 0 fully saturated rings. The predicted molar refractivity (Wildman–Crippen MR) is 75.4 cm³/mol.